The molecule has 0 saturated carbocycles. The Bertz CT molecular complexity index is 714. The number of nitrogens with zero attached hydrogens (tertiary/aromatic N) is 1. The molecule has 148 valence electrons. The van der Waals surface area contributed by atoms with E-state index in [1.54, 1.807) is 0 Å². The maximum atomic E-state index is 13.7. The molecule has 2 rings (SSSR count). The van der Waals surface area contributed by atoms with Gasteiger partial charge in [-0.1, -0.05) is 45.4 Å². The topological polar surface area (TPSA) is 66.8 Å². The second kappa shape index (κ2) is 10.2. The Morgan fingerprint density at radius 3 is 2.48 bits per heavy atom. The summed E-state index contributed by atoms with van der Waals surface area (Å²) in [5.41, 5.74) is 0.466. The molecule has 0 atom stereocenters. The van der Waals surface area contributed by atoms with Gasteiger partial charge in [-0.2, -0.15) is 0 Å². The molecule has 0 radical (unpaired) electrons. The summed E-state index contributed by atoms with van der Waals surface area (Å²) in [6, 6.07) is 3.77. The van der Waals surface area contributed by atoms with Crippen molar-refractivity contribution in [3.05, 3.63) is 35.3 Å². The van der Waals surface area contributed by atoms with Crippen LogP contribution in [0.5, 0.6) is 0 Å². The van der Waals surface area contributed by atoms with E-state index in [0.29, 0.717) is 12.1 Å². The summed E-state index contributed by atoms with van der Waals surface area (Å²) >= 11 is 0. The highest BCUT2D eigenvalue weighted by Crippen LogP contribution is 2.39. The van der Waals surface area contributed by atoms with Gasteiger partial charge in [-0.05, 0) is 24.6 Å². The number of amides is 2. The number of carbonyl (C=O) groups excluding carboxylic acids is 2. The highest BCUT2D eigenvalue weighted by Gasteiger charge is 2.38. The van der Waals surface area contributed by atoms with Crippen LogP contribution >= 0.6 is 0 Å². The second-order valence-electron chi connectivity index (χ2n) is 6.82. The molecule has 1 aliphatic rings. The number of ether oxygens (including phenoxy) is 1. The first-order chi connectivity index (χ1) is 13.0. The van der Waals surface area contributed by atoms with E-state index in [2.05, 4.69) is 6.92 Å². The van der Waals surface area contributed by atoms with Crippen LogP contribution in [0.25, 0.3) is 5.57 Å². The lowest BCUT2D eigenvalue weighted by atomic mass is 10.1. The Balaban J connectivity index is 2.08. The molecule has 1 N–H and O–H groups in total. The van der Waals surface area contributed by atoms with Gasteiger partial charge >= 0.3 is 0 Å². The second-order valence-corrected chi connectivity index (χ2v) is 6.82. The van der Waals surface area contributed by atoms with Crippen molar-refractivity contribution in [1.82, 2.24) is 0 Å². The van der Waals surface area contributed by atoms with Gasteiger partial charge in [-0.15, -0.1) is 0 Å². The summed E-state index contributed by atoms with van der Waals surface area (Å²) in [4.78, 5) is 26.4. The Morgan fingerprint density at radius 2 is 1.81 bits per heavy atom. The minimum atomic E-state index is -0.627. The van der Waals surface area contributed by atoms with E-state index in [1.165, 1.54) is 38.5 Å². The first kappa shape index (κ1) is 21.1. The zero-order valence-corrected chi connectivity index (χ0v) is 16.1. The summed E-state index contributed by atoms with van der Waals surface area (Å²) in [5, 5.41) is 10.1. The van der Waals surface area contributed by atoms with Crippen LogP contribution in [0.1, 0.15) is 63.9 Å². The van der Waals surface area contributed by atoms with Crippen molar-refractivity contribution in [1.29, 1.82) is 0 Å². The number of hydrogen-bond acceptors (Lipinski definition) is 4. The Kier molecular flexibility index (Phi) is 7.98. The fourth-order valence-electron chi connectivity index (χ4n) is 3.32. The van der Waals surface area contributed by atoms with Gasteiger partial charge in [0.1, 0.15) is 18.2 Å². The van der Waals surface area contributed by atoms with Crippen LogP contribution in [-0.4, -0.2) is 30.6 Å². The number of benzene rings is 1. The van der Waals surface area contributed by atoms with E-state index >= 15 is 0 Å². The maximum Gasteiger partial charge on any atom is 0.269 e. The largest absolute Gasteiger partial charge is 0.509 e. The lowest BCUT2D eigenvalue weighted by Crippen LogP contribution is -2.33. The molecule has 6 heteroatoms. The number of fused-ring (bicyclic) bond motifs is 1. The van der Waals surface area contributed by atoms with Gasteiger partial charge in [0, 0.05) is 19.1 Å². The predicted molar refractivity (Wildman–Crippen MR) is 103 cm³/mol. The molecule has 0 aromatic heterocycles. The molecule has 0 spiro atoms. The van der Waals surface area contributed by atoms with Crippen LogP contribution in [0, 0.1) is 5.82 Å². The minimum Gasteiger partial charge on any atom is -0.509 e. The van der Waals surface area contributed by atoms with Gasteiger partial charge in [-0.25, -0.2) is 9.29 Å². The average Bonchev–Trinajstić information content (AvgIpc) is 2.92. The molecular weight excluding hydrogens is 349 g/mol. The van der Waals surface area contributed by atoms with Crippen LogP contribution in [0.3, 0.4) is 0 Å². The van der Waals surface area contributed by atoms with Gasteiger partial charge < -0.3 is 9.84 Å². The average molecular weight is 377 g/mol. The van der Waals surface area contributed by atoms with E-state index in [-0.39, 0.29) is 35.8 Å². The first-order valence-electron chi connectivity index (χ1n) is 9.59. The fraction of sp³-hybridized carbons (Fsp3) is 0.524. The zero-order valence-electron chi connectivity index (χ0n) is 16.1. The summed E-state index contributed by atoms with van der Waals surface area (Å²) in [5.74, 6) is -1.80. The standard InChI is InChI=1S/C21H28FNO4/c1-3-4-5-6-7-8-9-10-19(25)23-17-12-11-15(22)13-16(17)20(21(23)26)18(24)14-27-2/h11-13,24H,3-10,14H2,1-2H3/b20-18-. The Morgan fingerprint density at radius 1 is 1.15 bits per heavy atom. The number of aliphatic hydroxyl groups is 1. The Hall–Kier alpha value is -2.21. The molecule has 0 aliphatic carbocycles. The van der Waals surface area contributed by atoms with Gasteiger partial charge in [-0.3, -0.25) is 9.59 Å². The third-order valence-corrected chi connectivity index (χ3v) is 4.70. The van der Waals surface area contributed by atoms with E-state index < -0.39 is 11.7 Å². The molecule has 1 aromatic carbocycles. The number of unbranched alkanes of at least 4 members (excludes halogenated alkanes) is 6. The van der Waals surface area contributed by atoms with Crippen LogP contribution < -0.4 is 4.90 Å². The number of halogens is 1. The molecule has 27 heavy (non-hydrogen) atoms. The van der Waals surface area contributed by atoms with E-state index in [0.717, 1.165) is 30.2 Å². The maximum absolute atomic E-state index is 13.7. The van der Waals surface area contributed by atoms with Gasteiger partial charge in [0.2, 0.25) is 5.91 Å². The van der Waals surface area contributed by atoms with Crippen LogP contribution in [0.4, 0.5) is 10.1 Å². The summed E-state index contributed by atoms with van der Waals surface area (Å²) in [6.07, 6.45) is 7.75. The lowest BCUT2D eigenvalue weighted by Gasteiger charge is -2.15. The summed E-state index contributed by atoms with van der Waals surface area (Å²) < 4.78 is 18.5. The van der Waals surface area contributed by atoms with E-state index in [4.69, 9.17) is 4.74 Å². The van der Waals surface area contributed by atoms with Crippen LogP contribution in [0.2, 0.25) is 0 Å². The fourth-order valence-corrected chi connectivity index (χ4v) is 3.32. The normalized spacial score (nSPS) is 15.2. The molecule has 1 heterocycles. The number of imide groups is 1. The van der Waals surface area contributed by atoms with Crippen molar-refractivity contribution in [2.75, 3.05) is 18.6 Å². The first-order valence-corrected chi connectivity index (χ1v) is 9.59. The molecule has 2 amide bonds. The molecule has 0 fully saturated rings. The van der Waals surface area contributed by atoms with E-state index in [9.17, 15) is 19.1 Å². The minimum absolute atomic E-state index is 0.0701. The van der Waals surface area contributed by atoms with Crippen molar-refractivity contribution in [2.45, 2.75) is 58.3 Å². The summed E-state index contributed by atoms with van der Waals surface area (Å²) in [7, 11) is 1.38. The zero-order chi connectivity index (χ0) is 19.8. The van der Waals surface area contributed by atoms with E-state index in [1.807, 2.05) is 0 Å². The third-order valence-electron chi connectivity index (χ3n) is 4.70. The highest BCUT2D eigenvalue weighted by molar-refractivity contribution is 6.40. The number of rotatable bonds is 10. The molecule has 1 aliphatic heterocycles. The predicted octanol–water partition coefficient (Wildman–Crippen LogP) is 4.76. The molecule has 0 saturated heterocycles. The van der Waals surface area contributed by atoms with Crippen LogP contribution in [-0.2, 0) is 14.3 Å². The number of carbonyl (C=O) groups is 2. The number of anilines is 1. The SMILES string of the molecule is CCCCCCCCCC(=O)N1C(=O)/C(=C(\O)COC)c2cc(F)ccc21. The molecule has 1 aromatic rings. The van der Waals surface area contributed by atoms with Crippen molar-refractivity contribution in [3.8, 4) is 0 Å². The molecule has 0 bridgehead atoms. The van der Waals surface area contributed by atoms with Crippen molar-refractivity contribution < 1.29 is 23.8 Å². The lowest BCUT2D eigenvalue weighted by molar-refractivity contribution is -0.123. The van der Waals surface area contributed by atoms with Crippen LogP contribution in [0.15, 0.2) is 24.0 Å². The van der Waals surface area contributed by atoms with Gasteiger partial charge in [0.05, 0.1) is 11.3 Å². The Labute approximate surface area is 159 Å². The molecule has 0 unspecified atom stereocenters. The van der Waals surface area contributed by atoms with Crippen molar-refractivity contribution >= 4 is 23.1 Å². The smallest absolute Gasteiger partial charge is 0.269 e. The number of aliphatic hydroxyl groups excluding tert-OH is 1. The summed E-state index contributed by atoms with van der Waals surface area (Å²) in [6.45, 7) is 1.99. The molecular formula is C21H28FNO4. The number of hydrogen-bond donors (Lipinski definition) is 1. The molecule has 5 nitrogen and oxygen atoms in total. The van der Waals surface area contributed by atoms with Gasteiger partial charge in [0.15, 0.2) is 0 Å². The highest BCUT2D eigenvalue weighted by atomic mass is 19.1. The van der Waals surface area contributed by atoms with Crippen molar-refractivity contribution in [2.24, 2.45) is 0 Å². The number of methoxy groups -OCH3 is 1. The monoisotopic (exact) mass is 377 g/mol. The van der Waals surface area contributed by atoms with Gasteiger partial charge in [0.25, 0.3) is 5.91 Å². The quantitative estimate of drug-likeness (QED) is 0.363. The van der Waals surface area contributed by atoms with Crippen molar-refractivity contribution in [3.63, 3.8) is 0 Å². The third kappa shape index (κ3) is 5.16.